The zero-order valence-electron chi connectivity index (χ0n) is 12.5. The van der Waals surface area contributed by atoms with E-state index in [1.807, 2.05) is 30.9 Å². The van der Waals surface area contributed by atoms with Gasteiger partial charge in [0.1, 0.15) is 0 Å². The Hall–Kier alpha value is -2.68. The molecule has 0 saturated heterocycles. The highest BCUT2D eigenvalue weighted by atomic mass is 15.5. The Morgan fingerprint density at radius 1 is 0.909 bits per heavy atom. The van der Waals surface area contributed by atoms with Gasteiger partial charge in [-0.25, -0.2) is 4.98 Å². The van der Waals surface area contributed by atoms with Crippen molar-refractivity contribution in [2.45, 2.75) is 13.0 Å². The maximum atomic E-state index is 4.85. The van der Waals surface area contributed by atoms with Gasteiger partial charge in [-0.15, -0.1) is 0 Å². The number of aryl methyl sites for hydroxylation is 1. The summed E-state index contributed by atoms with van der Waals surface area (Å²) in [6, 6.07) is 20.7. The standard InChI is InChI=1S/C19H19N3/c1-3-8-17(9-4-1)19(18-10-5-2-6-11-18)21-12-7-14-22-15-13-20-16-22/h1-6,8-11,13,15-16H,7,12,14H2/i21+1. The van der Waals surface area contributed by atoms with Crippen LogP contribution in [0.1, 0.15) is 17.5 Å². The molecular formula is C19H19N3. The zero-order chi connectivity index (χ0) is 15.0. The van der Waals surface area contributed by atoms with E-state index in [1.54, 1.807) is 0 Å². The van der Waals surface area contributed by atoms with E-state index in [1.165, 1.54) is 0 Å². The fourth-order valence-corrected chi connectivity index (χ4v) is 2.40. The highest BCUT2D eigenvalue weighted by molar-refractivity contribution is 6.12. The predicted octanol–water partition coefficient (Wildman–Crippen LogP) is 3.81. The minimum absolute atomic E-state index is 0.803. The smallest absolute Gasteiger partial charge is 0.0945 e. The summed E-state index contributed by atoms with van der Waals surface area (Å²) in [7, 11) is 0. The van der Waals surface area contributed by atoms with Crippen molar-refractivity contribution in [2.24, 2.45) is 4.99 Å². The van der Waals surface area contributed by atoms with Crippen molar-refractivity contribution in [3.8, 4) is 0 Å². The van der Waals surface area contributed by atoms with Gasteiger partial charge in [0.25, 0.3) is 0 Å². The molecule has 0 unspecified atom stereocenters. The molecule has 1 heterocycles. The average Bonchev–Trinajstić information content (AvgIpc) is 3.10. The van der Waals surface area contributed by atoms with Crippen molar-refractivity contribution < 1.29 is 0 Å². The summed E-state index contributed by atoms with van der Waals surface area (Å²) in [5, 5.41) is 0. The minimum Gasteiger partial charge on any atom is -0.337 e. The Kier molecular flexibility index (Phi) is 4.77. The number of hydrogen-bond donors (Lipinski definition) is 0. The normalized spacial score (nSPS) is 10.4. The van der Waals surface area contributed by atoms with Crippen LogP contribution in [0.5, 0.6) is 0 Å². The Labute approximate surface area is 131 Å². The van der Waals surface area contributed by atoms with Gasteiger partial charge >= 0.3 is 0 Å². The molecule has 3 nitrogen and oxygen atoms in total. The van der Waals surface area contributed by atoms with Crippen molar-refractivity contribution in [1.29, 1.82) is 0 Å². The first kappa shape index (κ1) is 14.3. The average molecular weight is 290 g/mol. The summed E-state index contributed by atoms with van der Waals surface area (Å²) in [6.07, 6.45) is 6.64. The van der Waals surface area contributed by atoms with Gasteiger partial charge < -0.3 is 4.57 Å². The molecule has 1 aromatic heterocycles. The first-order valence-electron chi connectivity index (χ1n) is 7.54. The van der Waals surface area contributed by atoms with Crippen LogP contribution < -0.4 is 0 Å². The summed E-state index contributed by atoms with van der Waals surface area (Å²) in [6.45, 7) is 1.75. The van der Waals surface area contributed by atoms with Crippen LogP contribution in [0.2, 0.25) is 0 Å². The SMILES string of the molecule is c1ccc(C(=[15N]CCCn2ccnc2)c2ccccc2)cc1. The fraction of sp³-hybridized carbons (Fsp3) is 0.158. The van der Waals surface area contributed by atoms with Gasteiger partial charge in [0.05, 0.1) is 12.0 Å². The van der Waals surface area contributed by atoms with Gasteiger partial charge in [-0.2, -0.15) is 0 Å². The largest absolute Gasteiger partial charge is 0.337 e. The lowest BCUT2D eigenvalue weighted by Gasteiger charge is -2.08. The summed E-state index contributed by atoms with van der Waals surface area (Å²) in [5.41, 5.74) is 3.39. The summed E-state index contributed by atoms with van der Waals surface area (Å²) >= 11 is 0. The van der Waals surface area contributed by atoms with E-state index >= 15 is 0 Å². The Morgan fingerprint density at radius 2 is 1.55 bits per heavy atom. The first-order valence-corrected chi connectivity index (χ1v) is 7.54. The van der Waals surface area contributed by atoms with E-state index < -0.39 is 0 Å². The quantitative estimate of drug-likeness (QED) is 0.386. The molecular weight excluding hydrogens is 271 g/mol. The van der Waals surface area contributed by atoms with E-state index in [-0.39, 0.29) is 0 Å². The number of benzene rings is 2. The molecule has 0 spiro atoms. The van der Waals surface area contributed by atoms with Crippen LogP contribution in [0.3, 0.4) is 0 Å². The molecule has 3 aromatic rings. The number of aliphatic imine (C=N–C) groups is 1. The summed E-state index contributed by atoms with van der Waals surface area (Å²) < 4.78 is 2.08. The number of imidazole rings is 1. The van der Waals surface area contributed by atoms with E-state index in [4.69, 9.17) is 4.99 Å². The maximum Gasteiger partial charge on any atom is 0.0945 e. The number of nitrogens with zero attached hydrogens (tertiary/aromatic N) is 3. The molecule has 0 saturated carbocycles. The van der Waals surface area contributed by atoms with Crippen LogP contribution in [-0.4, -0.2) is 21.8 Å². The topological polar surface area (TPSA) is 30.2 Å². The third kappa shape index (κ3) is 3.70. The van der Waals surface area contributed by atoms with E-state index in [2.05, 4.69) is 58.1 Å². The number of hydrogen-bond acceptors (Lipinski definition) is 2. The fourth-order valence-electron chi connectivity index (χ4n) is 2.40. The Bertz CT molecular complexity index is 659. The molecule has 22 heavy (non-hydrogen) atoms. The molecule has 0 amide bonds. The second-order valence-corrected chi connectivity index (χ2v) is 5.12. The number of rotatable bonds is 6. The molecule has 0 aliphatic heterocycles. The van der Waals surface area contributed by atoms with E-state index in [9.17, 15) is 0 Å². The van der Waals surface area contributed by atoms with Gasteiger partial charge in [0.2, 0.25) is 0 Å². The summed E-state index contributed by atoms with van der Waals surface area (Å²) in [5.74, 6) is 0. The van der Waals surface area contributed by atoms with Crippen LogP contribution >= 0.6 is 0 Å². The highest BCUT2D eigenvalue weighted by Gasteiger charge is 2.05. The predicted molar refractivity (Wildman–Crippen MR) is 90.2 cm³/mol. The molecule has 3 rings (SSSR count). The molecule has 3 heteroatoms. The van der Waals surface area contributed by atoms with Crippen molar-refractivity contribution in [3.63, 3.8) is 0 Å². The molecule has 2 aromatic carbocycles. The van der Waals surface area contributed by atoms with Gasteiger partial charge in [0.15, 0.2) is 0 Å². The Morgan fingerprint density at radius 3 is 2.09 bits per heavy atom. The lowest BCUT2D eigenvalue weighted by Crippen LogP contribution is -2.05. The lowest BCUT2D eigenvalue weighted by atomic mass is 10.0. The molecule has 0 N–H and O–H groups in total. The van der Waals surface area contributed by atoms with Crippen molar-refractivity contribution in [2.75, 3.05) is 6.54 Å². The Balaban J connectivity index is 1.75. The molecule has 0 atom stereocenters. The van der Waals surface area contributed by atoms with E-state index in [0.29, 0.717) is 0 Å². The van der Waals surface area contributed by atoms with Gasteiger partial charge in [-0.05, 0) is 6.42 Å². The molecule has 0 aliphatic rings. The highest BCUT2D eigenvalue weighted by Crippen LogP contribution is 2.11. The zero-order valence-corrected chi connectivity index (χ0v) is 12.5. The van der Waals surface area contributed by atoms with Crippen LogP contribution in [0, 0.1) is 0 Å². The third-order valence-electron chi connectivity index (χ3n) is 3.50. The van der Waals surface area contributed by atoms with Crippen LogP contribution in [-0.2, 0) is 6.54 Å². The molecule has 0 bridgehead atoms. The van der Waals surface area contributed by atoms with Crippen molar-refractivity contribution >= 4 is 5.71 Å². The molecule has 0 aliphatic carbocycles. The summed E-state index contributed by atoms with van der Waals surface area (Å²) in [4.78, 5) is 8.90. The maximum absolute atomic E-state index is 4.85. The van der Waals surface area contributed by atoms with Crippen LogP contribution in [0.4, 0.5) is 0 Å². The first-order chi connectivity index (χ1) is 10.9. The van der Waals surface area contributed by atoms with Gasteiger partial charge in [-0.1, -0.05) is 60.7 Å². The minimum atomic E-state index is 0.803. The lowest BCUT2D eigenvalue weighted by molar-refractivity contribution is 0.651. The van der Waals surface area contributed by atoms with Crippen molar-refractivity contribution in [1.82, 2.24) is 9.55 Å². The van der Waals surface area contributed by atoms with E-state index in [0.717, 1.165) is 36.3 Å². The van der Waals surface area contributed by atoms with Crippen molar-refractivity contribution in [3.05, 3.63) is 90.5 Å². The van der Waals surface area contributed by atoms with Gasteiger partial charge in [0, 0.05) is 36.6 Å². The molecule has 0 radical (unpaired) electrons. The number of aromatic nitrogens is 2. The monoisotopic (exact) mass is 290 g/mol. The third-order valence-corrected chi connectivity index (χ3v) is 3.50. The molecule has 110 valence electrons. The second-order valence-electron chi connectivity index (χ2n) is 5.12. The molecule has 0 fully saturated rings. The van der Waals surface area contributed by atoms with Gasteiger partial charge in [-0.3, -0.25) is 4.99 Å². The van der Waals surface area contributed by atoms with Crippen LogP contribution in [0.15, 0.2) is 84.4 Å². The van der Waals surface area contributed by atoms with Crippen LogP contribution in [0.25, 0.3) is 0 Å². The second kappa shape index (κ2) is 7.36.